The van der Waals surface area contributed by atoms with Crippen LogP contribution in [0.15, 0.2) is 30.6 Å². The van der Waals surface area contributed by atoms with Gasteiger partial charge < -0.3 is 4.74 Å². The van der Waals surface area contributed by atoms with Gasteiger partial charge in [0, 0.05) is 24.5 Å². The summed E-state index contributed by atoms with van der Waals surface area (Å²) in [5.74, 6) is -1.03. The van der Waals surface area contributed by atoms with E-state index in [1.54, 1.807) is 0 Å². The molecule has 0 radical (unpaired) electrons. The van der Waals surface area contributed by atoms with E-state index in [-0.39, 0.29) is 23.4 Å². The van der Waals surface area contributed by atoms with E-state index in [4.69, 9.17) is 14.8 Å². The third-order valence-electron chi connectivity index (χ3n) is 5.81. The number of nitriles is 1. The van der Waals surface area contributed by atoms with Crippen LogP contribution in [0.5, 0.6) is 5.88 Å². The molecule has 0 N–H and O–H groups in total. The molecule has 1 aliphatic heterocycles. The summed E-state index contributed by atoms with van der Waals surface area (Å²) >= 11 is 0. The zero-order valence-corrected chi connectivity index (χ0v) is 16.8. The minimum Gasteiger partial charge on any atom is -0.477 e. The predicted octanol–water partition coefficient (Wildman–Crippen LogP) is 3.72. The topological polar surface area (TPSA) is 88.3 Å². The van der Waals surface area contributed by atoms with E-state index in [0.717, 1.165) is 18.9 Å². The number of rotatable bonds is 5. The highest BCUT2D eigenvalue weighted by Crippen LogP contribution is 2.36. The van der Waals surface area contributed by atoms with E-state index >= 15 is 0 Å². The number of halogens is 2. The summed E-state index contributed by atoms with van der Waals surface area (Å²) in [6.45, 7) is 0.787. The molecule has 1 amide bonds. The molecule has 2 aliphatic rings. The fraction of sp³-hybridized carbons (Fsp3) is 0.455. The Kier molecular flexibility index (Phi) is 6.37. The zero-order valence-electron chi connectivity index (χ0n) is 16.8. The van der Waals surface area contributed by atoms with Crippen molar-refractivity contribution in [2.24, 2.45) is 11.8 Å². The maximum absolute atomic E-state index is 13.6. The molecule has 0 spiro atoms. The van der Waals surface area contributed by atoms with Gasteiger partial charge in [-0.1, -0.05) is 0 Å². The van der Waals surface area contributed by atoms with Crippen molar-refractivity contribution in [3.63, 3.8) is 0 Å². The number of hydrogen-bond donors (Lipinski definition) is 0. The van der Waals surface area contributed by atoms with E-state index in [9.17, 15) is 13.6 Å². The molecule has 1 aliphatic carbocycles. The van der Waals surface area contributed by atoms with Crippen molar-refractivity contribution in [3.05, 3.63) is 53.5 Å². The van der Waals surface area contributed by atoms with Crippen molar-refractivity contribution in [3.8, 4) is 11.9 Å². The van der Waals surface area contributed by atoms with Crippen LogP contribution in [0.25, 0.3) is 0 Å². The smallest absolute Gasteiger partial charge is 0.249 e. The molecule has 31 heavy (non-hydrogen) atoms. The Morgan fingerprint density at radius 1 is 1.13 bits per heavy atom. The maximum atomic E-state index is 13.6. The van der Waals surface area contributed by atoms with Gasteiger partial charge in [0.15, 0.2) is 0 Å². The number of amides is 1. The van der Waals surface area contributed by atoms with Gasteiger partial charge in [0.1, 0.15) is 29.7 Å². The molecule has 0 unspecified atom stereocenters. The van der Waals surface area contributed by atoms with Crippen LogP contribution in [-0.2, 0) is 9.63 Å². The van der Waals surface area contributed by atoms with Gasteiger partial charge in [-0.25, -0.2) is 23.8 Å². The Morgan fingerprint density at radius 2 is 1.87 bits per heavy atom. The van der Waals surface area contributed by atoms with Gasteiger partial charge in [-0.2, -0.15) is 5.26 Å². The average Bonchev–Trinajstić information content (AvgIpc) is 3.27. The van der Waals surface area contributed by atoms with Crippen LogP contribution in [0.4, 0.5) is 8.78 Å². The molecule has 4 rings (SSSR count). The third-order valence-corrected chi connectivity index (χ3v) is 5.81. The normalized spacial score (nSPS) is 23.4. The molecule has 1 aromatic carbocycles. The lowest BCUT2D eigenvalue weighted by molar-refractivity contribution is -0.183. The van der Waals surface area contributed by atoms with Crippen molar-refractivity contribution in [2.75, 3.05) is 13.2 Å². The summed E-state index contributed by atoms with van der Waals surface area (Å²) in [5, 5.41) is 10.2. The van der Waals surface area contributed by atoms with Crippen LogP contribution in [-0.4, -0.2) is 34.2 Å². The summed E-state index contributed by atoms with van der Waals surface area (Å²) in [4.78, 5) is 26.4. The van der Waals surface area contributed by atoms with Gasteiger partial charge in [-0.15, -0.1) is 0 Å². The van der Waals surface area contributed by atoms with Crippen molar-refractivity contribution in [2.45, 2.75) is 38.1 Å². The van der Waals surface area contributed by atoms with E-state index in [1.807, 2.05) is 6.07 Å². The molecule has 2 fully saturated rings. The molecule has 0 bridgehead atoms. The molecule has 162 valence electrons. The molecule has 1 atom stereocenters. The number of hydroxylamine groups is 2. The van der Waals surface area contributed by atoms with Gasteiger partial charge in [0.25, 0.3) is 0 Å². The van der Waals surface area contributed by atoms with Crippen LogP contribution < -0.4 is 4.74 Å². The molecular formula is C22H22F2N4O3. The first-order valence-electron chi connectivity index (χ1n) is 10.3. The van der Waals surface area contributed by atoms with Crippen LogP contribution in [0.3, 0.4) is 0 Å². The van der Waals surface area contributed by atoms with E-state index in [2.05, 4.69) is 9.97 Å². The second-order valence-electron chi connectivity index (χ2n) is 7.89. The van der Waals surface area contributed by atoms with Gasteiger partial charge in [-0.3, -0.25) is 9.63 Å². The van der Waals surface area contributed by atoms with Crippen LogP contribution >= 0.6 is 0 Å². The Morgan fingerprint density at radius 3 is 2.58 bits per heavy atom. The lowest BCUT2D eigenvalue weighted by Gasteiger charge is -2.31. The maximum Gasteiger partial charge on any atom is 0.249 e. The van der Waals surface area contributed by atoms with Gasteiger partial charge in [-0.05, 0) is 49.3 Å². The molecule has 1 saturated heterocycles. The highest BCUT2D eigenvalue weighted by Gasteiger charge is 2.37. The summed E-state index contributed by atoms with van der Waals surface area (Å²) < 4.78 is 32.9. The minimum atomic E-state index is -0.666. The molecule has 1 saturated carbocycles. The number of aromatic nitrogens is 2. The summed E-state index contributed by atoms with van der Waals surface area (Å²) in [6, 6.07) is 6.28. The first-order chi connectivity index (χ1) is 15.0. The highest BCUT2D eigenvalue weighted by molar-refractivity contribution is 5.78. The number of ether oxygens (including phenoxy) is 1. The zero-order chi connectivity index (χ0) is 21.8. The second-order valence-corrected chi connectivity index (χ2v) is 7.89. The van der Waals surface area contributed by atoms with E-state index in [1.165, 1.54) is 29.6 Å². The van der Waals surface area contributed by atoms with Crippen molar-refractivity contribution < 1.29 is 23.1 Å². The van der Waals surface area contributed by atoms with E-state index in [0.29, 0.717) is 43.9 Å². The van der Waals surface area contributed by atoms with Crippen molar-refractivity contribution in [1.82, 2.24) is 15.0 Å². The third kappa shape index (κ3) is 4.97. The lowest BCUT2D eigenvalue weighted by atomic mass is 9.81. The Balaban J connectivity index is 1.32. The Hall–Kier alpha value is -3.12. The van der Waals surface area contributed by atoms with Crippen LogP contribution in [0.2, 0.25) is 0 Å². The first-order valence-corrected chi connectivity index (χ1v) is 10.3. The second kappa shape index (κ2) is 9.35. The quantitative estimate of drug-likeness (QED) is 0.721. The number of hydrogen-bond acceptors (Lipinski definition) is 6. The van der Waals surface area contributed by atoms with Gasteiger partial charge in [0.2, 0.25) is 11.8 Å². The molecular weight excluding hydrogens is 406 g/mol. The molecule has 7 nitrogen and oxygen atoms in total. The predicted molar refractivity (Wildman–Crippen MR) is 104 cm³/mol. The fourth-order valence-corrected chi connectivity index (χ4v) is 4.20. The first kappa shape index (κ1) is 21.1. The molecule has 9 heteroatoms. The SMILES string of the molecule is N#Cc1cc(OCC2CCC(C(=O)N3OCC[C@H]3c3cc(F)cc(F)c3)CC2)ncn1. The van der Waals surface area contributed by atoms with Crippen LogP contribution in [0.1, 0.15) is 49.4 Å². The molecule has 2 aromatic rings. The summed E-state index contributed by atoms with van der Waals surface area (Å²) in [7, 11) is 0. The summed E-state index contributed by atoms with van der Waals surface area (Å²) in [6.07, 6.45) is 4.77. The highest BCUT2D eigenvalue weighted by atomic mass is 19.1. The molecule has 1 aromatic heterocycles. The Labute approximate surface area is 178 Å². The largest absolute Gasteiger partial charge is 0.477 e. The Bertz CT molecular complexity index is 969. The average molecular weight is 428 g/mol. The van der Waals surface area contributed by atoms with E-state index < -0.39 is 17.7 Å². The minimum absolute atomic E-state index is 0.138. The molecule has 2 heterocycles. The van der Waals surface area contributed by atoms with Crippen LogP contribution in [0, 0.1) is 34.8 Å². The number of benzene rings is 1. The van der Waals surface area contributed by atoms with Crippen molar-refractivity contribution >= 4 is 5.91 Å². The number of carbonyl (C=O) groups is 1. The standard InChI is InChI=1S/C22H22F2N4O3/c23-17-7-16(8-18(24)9-17)20-5-6-31-28(20)22(29)15-3-1-14(2-4-15)12-30-21-10-19(11-25)26-13-27-21/h7-10,13-15,20H,1-6,12H2/t14?,15?,20-/m0/s1. The van der Waals surface area contributed by atoms with Gasteiger partial charge in [0.05, 0.1) is 19.3 Å². The van der Waals surface area contributed by atoms with Gasteiger partial charge >= 0.3 is 0 Å². The summed E-state index contributed by atoms with van der Waals surface area (Å²) in [5.41, 5.74) is 0.657. The number of nitrogens with zero attached hydrogens (tertiary/aromatic N) is 4. The monoisotopic (exact) mass is 428 g/mol. The fourth-order valence-electron chi connectivity index (χ4n) is 4.20. The van der Waals surface area contributed by atoms with Crippen molar-refractivity contribution in [1.29, 1.82) is 5.26 Å². The number of carbonyl (C=O) groups excluding carboxylic acids is 1. The lowest BCUT2D eigenvalue weighted by Crippen LogP contribution is -2.37.